The lowest BCUT2D eigenvalue weighted by molar-refractivity contribution is 0.415. The van der Waals surface area contributed by atoms with E-state index in [1.54, 1.807) is 20.3 Å². The maximum absolute atomic E-state index is 5.70. The van der Waals surface area contributed by atoms with Gasteiger partial charge in [0.25, 0.3) is 0 Å². The SMILES string of the molecule is COc1ccccc1.COc1ccccc1Cl. The van der Waals surface area contributed by atoms with E-state index in [2.05, 4.69) is 0 Å². The summed E-state index contributed by atoms with van der Waals surface area (Å²) < 4.78 is 9.83. The highest BCUT2D eigenvalue weighted by Gasteiger charge is 1.93. The number of hydrogen-bond donors (Lipinski definition) is 0. The Morgan fingerprint density at radius 1 is 0.765 bits per heavy atom. The summed E-state index contributed by atoms with van der Waals surface area (Å²) in [5.74, 6) is 1.63. The molecule has 0 heterocycles. The maximum atomic E-state index is 5.70. The number of ether oxygens (including phenoxy) is 2. The van der Waals surface area contributed by atoms with Gasteiger partial charge < -0.3 is 9.47 Å². The second-order valence-corrected chi connectivity index (χ2v) is 3.56. The number of rotatable bonds is 2. The first kappa shape index (κ1) is 13.4. The zero-order valence-corrected chi connectivity index (χ0v) is 10.6. The standard InChI is InChI=1S/C7H7ClO.C7H8O/c1-9-7-5-3-2-4-6(7)8;1-8-7-5-3-2-4-6-7/h2-5H,1H3;2-6H,1H3. The fourth-order valence-corrected chi connectivity index (χ4v) is 1.38. The molecule has 0 saturated heterocycles. The third-order valence-electron chi connectivity index (χ3n) is 2.04. The minimum Gasteiger partial charge on any atom is -0.497 e. The molecular formula is C14H15ClO2. The molecule has 2 aromatic carbocycles. The van der Waals surface area contributed by atoms with Gasteiger partial charge in [-0.3, -0.25) is 0 Å². The van der Waals surface area contributed by atoms with Crippen molar-refractivity contribution in [2.75, 3.05) is 14.2 Å². The van der Waals surface area contributed by atoms with Gasteiger partial charge in [-0.05, 0) is 24.3 Å². The topological polar surface area (TPSA) is 18.5 Å². The van der Waals surface area contributed by atoms with Gasteiger partial charge >= 0.3 is 0 Å². The summed E-state index contributed by atoms with van der Waals surface area (Å²) in [5, 5.41) is 0.653. The van der Waals surface area contributed by atoms with Crippen LogP contribution in [0.15, 0.2) is 54.6 Å². The van der Waals surface area contributed by atoms with Crippen LogP contribution in [0, 0.1) is 0 Å². The average Bonchev–Trinajstić information content (AvgIpc) is 2.41. The first-order valence-corrected chi connectivity index (χ1v) is 5.53. The van der Waals surface area contributed by atoms with Gasteiger partial charge in [0.15, 0.2) is 0 Å². The molecule has 0 unspecified atom stereocenters. The molecule has 0 N–H and O–H groups in total. The summed E-state index contributed by atoms with van der Waals surface area (Å²) in [5.41, 5.74) is 0. The summed E-state index contributed by atoms with van der Waals surface area (Å²) in [7, 11) is 3.26. The Hall–Kier alpha value is -1.67. The highest BCUT2D eigenvalue weighted by atomic mass is 35.5. The molecule has 2 rings (SSSR count). The van der Waals surface area contributed by atoms with E-state index in [1.165, 1.54) is 0 Å². The van der Waals surface area contributed by atoms with E-state index in [4.69, 9.17) is 21.1 Å². The summed E-state index contributed by atoms with van der Waals surface area (Å²) in [6.07, 6.45) is 0. The van der Waals surface area contributed by atoms with E-state index >= 15 is 0 Å². The van der Waals surface area contributed by atoms with Gasteiger partial charge in [0.2, 0.25) is 0 Å². The lowest BCUT2D eigenvalue weighted by Gasteiger charge is -1.98. The molecule has 3 heteroatoms. The summed E-state index contributed by atoms with van der Waals surface area (Å²) in [4.78, 5) is 0. The third kappa shape index (κ3) is 4.79. The molecule has 0 aliphatic carbocycles. The molecule has 0 saturated carbocycles. The van der Waals surface area contributed by atoms with Crippen LogP contribution < -0.4 is 9.47 Å². The Bertz CT molecular complexity index is 429. The van der Waals surface area contributed by atoms with Gasteiger partial charge in [0.1, 0.15) is 11.5 Å². The van der Waals surface area contributed by atoms with Gasteiger partial charge in [-0.15, -0.1) is 0 Å². The lowest BCUT2D eigenvalue weighted by Crippen LogP contribution is -1.81. The minimum atomic E-state index is 0.653. The maximum Gasteiger partial charge on any atom is 0.137 e. The molecule has 17 heavy (non-hydrogen) atoms. The first-order chi connectivity index (χ1) is 8.27. The van der Waals surface area contributed by atoms with E-state index < -0.39 is 0 Å². The first-order valence-electron chi connectivity index (χ1n) is 5.15. The highest BCUT2D eigenvalue weighted by Crippen LogP contribution is 2.21. The van der Waals surface area contributed by atoms with Crippen molar-refractivity contribution < 1.29 is 9.47 Å². The number of benzene rings is 2. The van der Waals surface area contributed by atoms with Crippen LogP contribution in [0.4, 0.5) is 0 Å². The Morgan fingerprint density at radius 3 is 1.76 bits per heavy atom. The van der Waals surface area contributed by atoms with Gasteiger partial charge in [0, 0.05) is 0 Å². The summed E-state index contributed by atoms with van der Waals surface area (Å²) >= 11 is 5.70. The van der Waals surface area contributed by atoms with E-state index in [9.17, 15) is 0 Å². The molecule has 0 aliphatic heterocycles. The lowest BCUT2D eigenvalue weighted by atomic mass is 10.3. The molecule has 0 fully saturated rings. The summed E-state index contributed by atoms with van der Waals surface area (Å²) in [6, 6.07) is 17.0. The van der Waals surface area contributed by atoms with Crippen LogP contribution in [0.2, 0.25) is 5.02 Å². The molecule has 0 aromatic heterocycles. The van der Waals surface area contributed by atoms with E-state index in [1.807, 2.05) is 48.5 Å². The van der Waals surface area contributed by atoms with Crippen molar-refractivity contribution in [3.8, 4) is 11.5 Å². The second-order valence-electron chi connectivity index (χ2n) is 3.15. The molecule has 2 nitrogen and oxygen atoms in total. The Balaban J connectivity index is 0.000000171. The van der Waals surface area contributed by atoms with Crippen molar-refractivity contribution in [1.82, 2.24) is 0 Å². The van der Waals surface area contributed by atoms with Crippen molar-refractivity contribution in [3.63, 3.8) is 0 Å². The van der Waals surface area contributed by atoms with Crippen LogP contribution in [0.5, 0.6) is 11.5 Å². The number of hydrogen-bond acceptors (Lipinski definition) is 2. The van der Waals surface area contributed by atoms with Gasteiger partial charge in [0.05, 0.1) is 19.2 Å². The monoisotopic (exact) mass is 250 g/mol. The molecule has 0 atom stereocenters. The van der Waals surface area contributed by atoms with Crippen LogP contribution in [0.1, 0.15) is 0 Å². The minimum absolute atomic E-state index is 0.653. The predicted octanol–water partition coefficient (Wildman–Crippen LogP) is 4.04. The number of para-hydroxylation sites is 2. The largest absolute Gasteiger partial charge is 0.497 e. The normalized spacial score (nSPS) is 8.88. The molecule has 2 aromatic rings. The summed E-state index contributed by atoms with van der Waals surface area (Å²) in [6.45, 7) is 0. The molecule has 90 valence electrons. The molecular weight excluding hydrogens is 236 g/mol. The van der Waals surface area contributed by atoms with Gasteiger partial charge in [-0.1, -0.05) is 41.9 Å². The number of halogens is 1. The van der Waals surface area contributed by atoms with Crippen molar-refractivity contribution in [2.24, 2.45) is 0 Å². The predicted molar refractivity (Wildman–Crippen MR) is 71.0 cm³/mol. The van der Waals surface area contributed by atoms with Gasteiger partial charge in [-0.25, -0.2) is 0 Å². The fraction of sp³-hybridized carbons (Fsp3) is 0.143. The van der Waals surface area contributed by atoms with Crippen LogP contribution >= 0.6 is 11.6 Å². The Kier molecular flexibility index (Phi) is 5.97. The molecule has 0 radical (unpaired) electrons. The van der Waals surface area contributed by atoms with Crippen LogP contribution in [0.25, 0.3) is 0 Å². The molecule has 0 spiro atoms. The van der Waals surface area contributed by atoms with Crippen LogP contribution in [0.3, 0.4) is 0 Å². The number of methoxy groups -OCH3 is 2. The van der Waals surface area contributed by atoms with Crippen molar-refractivity contribution in [2.45, 2.75) is 0 Å². The fourth-order valence-electron chi connectivity index (χ4n) is 1.17. The van der Waals surface area contributed by atoms with Crippen LogP contribution in [-0.2, 0) is 0 Å². The van der Waals surface area contributed by atoms with Crippen molar-refractivity contribution in [3.05, 3.63) is 59.6 Å². The van der Waals surface area contributed by atoms with E-state index in [0.29, 0.717) is 5.02 Å². The van der Waals surface area contributed by atoms with Gasteiger partial charge in [-0.2, -0.15) is 0 Å². The highest BCUT2D eigenvalue weighted by molar-refractivity contribution is 6.32. The van der Waals surface area contributed by atoms with Crippen LogP contribution in [-0.4, -0.2) is 14.2 Å². The quantitative estimate of drug-likeness (QED) is 0.801. The van der Waals surface area contributed by atoms with Crippen molar-refractivity contribution >= 4 is 11.6 Å². The van der Waals surface area contributed by atoms with E-state index in [-0.39, 0.29) is 0 Å². The second kappa shape index (κ2) is 7.58. The zero-order valence-electron chi connectivity index (χ0n) is 9.89. The van der Waals surface area contributed by atoms with Crippen molar-refractivity contribution in [1.29, 1.82) is 0 Å². The Morgan fingerprint density at radius 2 is 1.35 bits per heavy atom. The molecule has 0 bridgehead atoms. The molecule has 0 aliphatic rings. The molecule has 0 amide bonds. The third-order valence-corrected chi connectivity index (χ3v) is 2.35. The Labute approximate surface area is 107 Å². The van der Waals surface area contributed by atoms with E-state index in [0.717, 1.165) is 11.5 Å². The average molecular weight is 251 g/mol. The zero-order chi connectivity index (χ0) is 12.5. The smallest absolute Gasteiger partial charge is 0.137 e.